The third-order valence-electron chi connectivity index (χ3n) is 1.64. The zero-order valence-corrected chi connectivity index (χ0v) is 9.55. The number of thioether (sulfide) groups is 1. The number of aliphatic hydroxyl groups excluding tert-OH is 1. The van der Waals surface area contributed by atoms with Gasteiger partial charge in [-0.3, -0.25) is 0 Å². The van der Waals surface area contributed by atoms with Crippen molar-refractivity contribution in [1.82, 2.24) is 4.98 Å². The highest BCUT2D eigenvalue weighted by Crippen LogP contribution is 2.24. The summed E-state index contributed by atoms with van der Waals surface area (Å²) in [5.41, 5.74) is 0.0271. The van der Waals surface area contributed by atoms with Crippen molar-refractivity contribution >= 4 is 29.3 Å². The fraction of sp³-hybridized carbons (Fsp3) is 0.333. The first kappa shape index (κ1) is 12.3. The fourth-order valence-electron chi connectivity index (χ4n) is 0.891. The van der Waals surface area contributed by atoms with E-state index in [-0.39, 0.29) is 22.4 Å². The van der Waals surface area contributed by atoms with Crippen LogP contribution in [-0.2, 0) is 0 Å². The molecule has 6 heteroatoms. The topological polar surface area (TPSA) is 70.4 Å². The molecule has 1 atom stereocenters. The Labute approximate surface area is 96.3 Å². The molecule has 0 aliphatic heterocycles. The molecule has 1 heterocycles. The van der Waals surface area contributed by atoms with Gasteiger partial charge < -0.3 is 10.2 Å². The van der Waals surface area contributed by atoms with Crippen molar-refractivity contribution in [1.29, 1.82) is 0 Å². The van der Waals surface area contributed by atoms with E-state index in [2.05, 4.69) is 4.98 Å². The van der Waals surface area contributed by atoms with E-state index in [9.17, 15) is 4.79 Å². The van der Waals surface area contributed by atoms with E-state index in [0.29, 0.717) is 5.03 Å². The first-order chi connectivity index (χ1) is 7.04. The van der Waals surface area contributed by atoms with Gasteiger partial charge in [0.05, 0.1) is 22.2 Å². The van der Waals surface area contributed by atoms with E-state index < -0.39 is 5.97 Å². The Morgan fingerprint density at radius 2 is 2.40 bits per heavy atom. The predicted octanol–water partition coefficient (Wildman–Crippen LogP) is 1.91. The number of carboxylic acid groups (broad SMARTS) is 1. The summed E-state index contributed by atoms with van der Waals surface area (Å²) in [6.45, 7) is 1.83. The summed E-state index contributed by atoms with van der Waals surface area (Å²) in [7, 11) is 0. The maximum Gasteiger partial charge on any atom is 0.337 e. The molecule has 0 fully saturated rings. The molecule has 0 aliphatic rings. The summed E-state index contributed by atoms with van der Waals surface area (Å²) in [6.07, 6.45) is 1.30. The number of pyridine rings is 1. The number of halogens is 1. The number of hydrogen-bond donors (Lipinski definition) is 2. The van der Waals surface area contributed by atoms with Crippen molar-refractivity contribution in [3.63, 3.8) is 0 Å². The number of hydrogen-bond acceptors (Lipinski definition) is 4. The number of carbonyl (C=O) groups is 1. The van der Waals surface area contributed by atoms with Crippen LogP contribution in [0, 0.1) is 0 Å². The summed E-state index contributed by atoms with van der Waals surface area (Å²) in [4.78, 5) is 14.7. The normalized spacial score (nSPS) is 12.5. The maximum atomic E-state index is 10.8. The lowest BCUT2D eigenvalue weighted by Gasteiger charge is -2.07. The van der Waals surface area contributed by atoms with Crippen LogP contribution in [-0.4, -0.2) is 33.0 Å². The van der Waals surface area contributed by atoms with E-state index in [1.807, 2.05) is 6.92 Å². The van der Waals surface area contributed by atoms with Crippen LogP contribution in [0.3, 0.4) is 0 Å². The third kappa shape index (κ3) is 3.37. The predicted molar refractivity (Wildman–Crippen MR) is 58.6 cm³/mol. The molecule has 1 rings (SSSR count). The zero-order valence-electron chi connectivity index (χ0n) is 7.98. The highest BCUT2D eigenvalue weighted by molar-refractivity contribution is 7.99. The van der Waals surface area contributed by atoms with Crippen molar-refractivity contribution in [3.8, 4) is 0 Å². The standard InChI is InChI=1S/C9H10ClNO3S/c1-5(4-12)15-8-2-6(9(13)14)7(10)3-11-8/h2-3,5,12H,4H2,1H3,(H,13,14). The number of aromatic nitrogens is 1. The van der Waals surface area contributed by atoms with Crippen LogP contribution in [0.5, 0.6) is 0 Å². The largest absolute Gasteiger partial charge is 0.478 e. The molecule has 0 saturated carbocycles. The minimum absolute atomic E-state index is 0.0113. The molecule has 0 amide bonds. The van der Waals surface area contributed by atoms with Gasteiger partial charge in [-0.15, -0.1) is 11.8 Å². The minimum atomic E-state index is -1.08. The quantitative estimate of drug-likeness (QED) is 0.796. The number of rotatable bonds is 4. The number of carboxylic acids is 1. The van der Waals surface area contributed by atoms with Crippen molar-refractivity contribution in [2.45, 2.75) is 17.2 Å². The summed E-state index contributed by atoms with van der Waals surface area (Å²) < 4.78 is 0. The molecular formula is C9H10ClNO3S. The second kappa shape index (κ2) is 5.34. The average Bonchev–Trinajstić information content (AvgIpc) is 2.20. The lowest BCUT2D eigenvalue weighted by atomic mass is 10.3. The van der Waals surface area contributed by atoms with E-state index in [1.165, 1.54) is 24.0 Å². The molecule has 0 spiro atoms. The van der Waals surface area contributed by atoms with Gasteiger partial charge in [0, 0.05) is 11.4 Å². The van der Waals surface area contributed by atoms with Gasteiger partial charge in [-0.05, 0) is 6.07 Å². The zero-order chi connectivity index (χ0) is 11.4. The van der Waals surface area contributed by atoms with Gasteiger partial charge in [0.1, 0.15) is 0 Å². The van der Waals surface area contributed by atoms with Crippen LogP contribution in [0.25, 0.3) is 0 Å². The summed E-state index contributed by atoms with van der Waals surface area (Å²) in [5.74, 6) is -1.08. The number of aliphatic hydroxyl groups is 1. The monoisotopic (exact) mass is 247 g/mol. The Hall–Kier alpha value is -0.780. The Balaban J connectivity index is 2.92. The highest BCUT2D eigenvalue weighted by Gasteiger charge is 2.12. The first-order valence-electron chi connectivity index (χ1n) is 4.21. The van der Waals surface area contributed by atoms with Gasteiger partial charge in [0.15, 0.2) is 0 Å². The van der Waals surface area contributed by atoms with Gasteiger partial charge in [0.2, 0.25) is 0 Å². The molecule has 15 heavy (non-hydrogen) atoms. The lowest BCUT2D eigenvalue weighted by molar-refractivity contribution is 0.0696. The lowest BCUT2D eigenvalue weighted by Crippen LogP contribution is -2.04. The summed E-state index contributed by atoms with van der Waals surface area (Å²) in [5, 5.41) is 18.3. The van der Waals surface area contributed by atoms with Crippen molar-refractivity contribution in [2.24, 2.45) is 0 Å². The molecule has 1 aromatic heterocycles. The van der Waals surface area contributed by atoms with E-state index in [4.69, 9.17) is 21.8 Å². The highest BCUT2D eigenvalue weighted by atomic mass is 35.5. The van der Waals surface area contributed by atoms with Crippen LogP contribution in [0.1, 0.15) is 17.3 Å². The second-order valence-electron chi connectivity index (χ2n) is 2.92. The molecule has 2 N–H and O–H groups in total. The SMILES string of the molecule is CC(CO)Sc1cc(C(=O)O)c(Cl)cn1. The molecule has 82 valence electrons. The van der Waals surface area contributed by atoms with Crippen molar-refractivity contribution < 1.29 is 15.0 Å². The van der Waals surface area contributed by atoms with Gasteiger partial charge in [-0.2, -0.15) is 0 Å². The van der Waals surface area contributed by atoms with Crippen molar-refractivity contribution in [3.05, 3.63) is 22.8 Å². The molecule has 0 aliphatic carbocycles. The van der Waals surface area contributed by atoms with Crippen LogP contribution < -0.4 is 0 Å². The Kier molecular flexibility index (Phi) is 4.38. The Morgan fingerprint density at radius 3 is 2.93 bits per heavy atom. The molecule has 0 radical (unpaired) electrons. The average molecular weight is 248 g/mol. The number of nitrogens with zero attached hydrogens (tertiary/aromatic N) is 1. The first-order valence-corrected chi connectivity index (χ1v) is 5.46. The molecule has 0 bridgehead atoms. The van der Waals surface area contributed by atoms with E-state index in [0.717, 1.165) is 0 Å². The Morgan fingerprint density at radius 1 is 1.73 bits per heavy atom. The third-order valence-corrected chi connectivity index (χ3v) is 2.96. The van der Waals surface area contributed by atoms with Gasteiger partial charge in [-0.1, -0.05) is 18.5 Å². The van der Waals surface area contributed by atoms with Crippen molar-refractivity contribution in [2.75, 3.05) is 6.61 Å². The molecule has 0 aromatic carbocycles. The summed E-state index contributed by atoms with van der Waals surface area (Å²) in [6, 6.07) is 1.40. The van der Waals surface area contributed by atoms with Gasteiger partial charge in [0.25, 0.3) is 0 Å². The fourth-order valence-corrected chi connectivity index (χ4v) is 1.86. The molecule has 1 aromatic rings. The Bertz CT molecular complexity index is 372. The summed E-state index contributed by atoms with van der Waals surface area (Å²) >= 11 is 6.96. The second-order valence-corrected chi connectivity index (χ2v) is 4.78. The van der Waals surface area contributed by atoms with Crippen LogP contribution >= 0.6 is 23.4 Å². The molecule has 1 unspecified atom stereocenters. The van der Waals surface area contributed by atoms with Crippen LogP contribution in [0.4, 0.5) is 0 Å². The van der Waals surface area contributed by atoms with E-state index in [1.54, 1.807) is 0 Å². The maximum absolute atomic E-state index is 10.8. The minimum Gasteiger partial charge on any atom is -0.478 e. The molecule has 4 nitrogen and oxygen atoms in total. The number of aromatic carboxylic acids is 1. The molecular weight excluding hydrogens is 238 g/mol. The van der Waals surface area contributed by atoms with Crippen LogP contribution in [0.15, 0.2) is 17.3 Å². The van der Waals surface area contributed by atoms with E-state index >= 15 is 0 Å². The molecule has 0 saturated heterocycles. The van der Waals surface area contributed by atoms with Gasteiger partial charge in [-0.25, -0.2) is 9.78 Å². The smallest absolute Gasteiger partial charge is 0.337 e. The van der Waals surface area contributed by atoms with Crippen LogP contribution in [0.2, 0.25) is 5.02 Å². The van der Waals surface area contributed by atoms with Gasteiger partial charge >= 0.3 is 5.97 Å².